The summed E-state index contributed by atoms with van der Waals surface area (Å²) in [5.74, 6) is 0.455. The molecule has 3 atom stereocenters. The van der Waals surface area contributed by atoms with Crippen molar-refractivity contribution >= 4 is 23.9 Å². The highest BCUT2D eigenvalue weighted by Crippen LogP contribution is 2.22. The molecule has 11 heteroatoms. The fourth-order valence-corrected chi connectivity index (χ4v) is 4.91. The fourth-order valence-electron chi connectivity index (χ4n) is 4.91. The average molecular weight is 675 g/mol. The first-order valence-corrected chi connectivity index (χ1v) is 17.9. The molecule has 0 rings (SSSR count). The molecule has 276 valence electrons. The zero-order valence-corrected chi connectivity index (χ0v) is 30.1. The van der Waals surface area contributed by atoms with Crippen molar-refractivity contribution < 1.29 is 52.7 Å². The van der Waals surface area contributed by atoms with Crippen LogP contribution in [0.1, 0.15) is 125 Å². The third kappa shape index (κ3) is 33.5. The molecule has 0 saturated carbocycles. The summed E-state index contributed by atoms with van der Waals surface area (Å²) in [7, 11) is 0. The quantitative estimate of drug-likeness (QED) is 0.0447. The van der Waals surface area contributed by atoms with Gasteiger partial charge in [0.05, 0.1) is 71.9 Å². The minimum atomic E-state index is -1.05. The molecule has 0 aromatic carbocycles. The van der Waals surface area contributed by atoms with Gasteiger partial charge in [-0.05, 0) is 30.1 Å². The summed E-state index contributed by atoms with van der Waals surface area (Å²) in [5.41, 5.74) is 0. The number of aliphatic carboxylic acids is 1. The van der Waals surface area contributed by atoms with Crippen LogP contribution in [0.4, 0.5) is 0 Å². The van der Waals surface area contributed by atoms with Crippen LogP contribution in [0.25, 0.3) is 0 Å². The van der Waals surface area contributed by atoms with E-state index in [1.165, 1.54) is 51.4 Å². The van der Waals surface area contributed by atoms with E-state index >= 15 is 0 Å². The Morgan fingerprint density at radius 3 is 1.13 bits per heavy atom. The lowest BCUT2D eigenvalue weighted by Gasteiger charge is -2.16. The Labute approximate surface area is 284 Å². The fraction of sp³-hybridized carbons (Fsp3) is 0.889. The van der Waals surface area contributed by atoms with Crippen LogP contribution >= 0.6 is 0 Å². The van der Waals surface area contributed by atoms with Gasteiger partial charge in [0.2, 0.25) is 0 Å². The van der Waals surface area contributed by atoms with Gasteiger partial charge >= 0.3 is 23.9 Å². The number of hydrogen-bond donors (Lipinski definition) is 1. The zero-order chi connectivity index (χ0) is 35.1. The number of carboxylic acids is 1. The van der Waals surface area contributed by atoms with Crippen LogP contribution in [0.5, 0.6) is 0 Å². The highest BCUT2D eigenvalue weighted by molar-refractivity contribution is 5.77. The molecule has 0 saturated heterocycles. The number of carboxylic acid groups (broad SMARTS) is 1. The highest BCUT2D eigenvalue weighted by atomic mass is 16.6. The number of carbonyl (C=O) groups is 4. The smallest absolute Gasteiger partial charge is 0.306 e. The third-order valence-electron chi connectivity index (χ3n) is 7.94. The molecule has 0 aromatic rings. The first kappa shape index (κ1) is 44.8. The summed E-state index contributed by atoms with van der Waals surface area (Å²) < 4.78 is 31.2. The van der Waals surface area contributed by atoms with E-state index in [-0.39, 0.29) is 58.1 Å². The van der Waals surface area contributed by atoms with Crippen molar-refractivity contribution in [2.75, 3.05) is 59.5 Å². The minimum absolute atomic E-state index is 0.00496. The van der Waals surface area contributed by atoms with Gasteiger partial charge in [-0.1, -0.05) is 92.4 Å². The van der Waals surface area contributed by atoms with Crippen LogP contribution in [0.2, 0.25) is 0 Å². The summed E-state index contributed by atoms with van der Waals surface area (Å²) in [6.45, 7) is 13.8. The SMILES string of the molecule is CC(C)CCC[C@@H](C)CCC[C@@H](C)CCCC(C)CCOC(=O)CCC(=O)OCCOCCOCCOCCOC(=O)CCC(=O)O. The topological polar surface area (TPSA) is 144 Å². The third-order valence-corrected chi connectivity index (χ3v) is 7.94. The maximum absolute atomic E-state index is 12.0. The second kappa shape index (κ2) is 31.1. The molecule has 0 fully saturated rings. The lowest BCUT2D eigenvalue weighted by molar-refractivity contribution is -0.151. The summed E-state index contributed by atoms with van der Waals surface area (Å²) in [5, 5.41) is 8.50. The molecule has 0 amide bonds. The summed E-state index contributed by atoms with van der Waals surface area (Å²) >= 11 is 0. The molecule has 0 aliphatic rings. The maximum atomic E-state index is 12.0. The first-order valence-electron chi connectivity index (χ1n) is 17.9. The van der Waals surface area contributed by atoms with Gasteiger partial charge in [0.1, 0.15) is 13.2 Å². The van der Waals surface area contributed by atoms with Crippen molar-refractivity contribution in [2.45, 2.75) is 125 Å². The second-order valence-corrected chi connectivity index (χ2v) is 13.2. The van der Waals surface area contributed by atoms with Crippen molar-refractivity contribution in [2.24, 2.45) is 23.7 Å². The Morgan fingerprint density at radius 2 is 0.745 bits per heavy atom. The Kier molecular flexibility index (Phi) is 29.6. The van der Waals surface area contributed by atoms with Crippen molar-refractivity contribution in [1.29, 1.82) is 0 Å². The standard InChI is InChI=1S/C36H66O11/c1-29(2)9-6-10-30(3)11-7-12-31(4)13-8-14-32(5)19-20-45-35(40)17-18-36(41)47-28-26-44-24-22-42-21-23-43-25-27-46-34(39)16-15-33(37)38/h29-32H,6-28H2,1-5H3,(H,37,38)/t30-,31-,32?/m1/s1. The molecule has 0 aromatic heterocycles. The number of carbonyl (C=O) groups excluding carboxylic acids is 3. The van der Waals surface area contributed by atoms with E-state index in [0.717, 1.165) is 30.6 Å². The van der Waals surface area contributed by atoms with Crippen LogP contribution in [0, 0.1) is 23.7 Å². The van der Waals surface area contributed by atoms with Gasteiger partial charge < -0.3 is 33.5 Å². The largest absolute Gasteiger partial charge is 0.481 e. The number of ether oxygens (including phenoxy) is 6. The van der Waals surface area contributed by atoms with E-state index in [1.807, 2.05) is 0 Å². The minimum Gasteiger partial charge on any atom is -0.481 e. The average Bonchev–Trinajstić information content (AvgIpc) is 3.01. The lowest BCUT2D eigenvalue weighted by atomic mass is 9.91. The zero-order valence-electron chi connectivity index (χ0n) is 30.1. The molecule has 0 aliphatic heterocycles. The first-order chi connectivity index (χ1) is 22.5. The van der Waals surface area contributed by atoms with Crippen LogP contribution in [-0.2, 0) is 47.6 Å². The van der Waals surface area contributed by atoms with Gasteiger partial charge in [0, 0.05) is 0 Å². The molecule has 47 heavy (non-hydrogen) atoms. The van der Waals surface area contributed by atoms with Gasteiger partial charge in [-0.2, -0.15) is 0 Å². The predicted octanol–water partition coefficient (Wildman–Crippen LogP) is 6.78. The molecular weight excluding hydrogens is 608 g/mol. The van der Waals surface area contributed by atoms with Crippen molar-refractivity contribution in [3.63, 3.8) is 0 Å². The number of hydrogen-bond acceptors (Lipinski definition) is 10. The second-order valence-electron chi connectivity index (χ2n) is 13.2. The lowest BCUT2D eigenvalue weighted by Crippen LogP contribution is -2.16. The summed E-state index contributed by atoms with van der Waals surface area (Å²) in [6.07, 6.45) is 12.1. The molecule has 0 spiro atoms. The monoisotopic (exact) mass is 674 g/mol. The Balaban J connectivity index is 3.55. The van der Waals surface area contributed by atoms with Gasteiger partial charge in [0.15, 0.2) is 0 Å². The highest BCUT2D eigenvalue weighted by Gasteiger charge is 2.12. The van der Waals surface area contributed by atoms with E-state index in [4.69, 9.17) is 33.5 Å². The number of esters is 3. The van der Waals surface area contributed by atoms with Crippen molar-refractivity contribution in [3.8, 4) is 0 Å². The van der Waals surface area contributed by atoms with Gasteiger partial charge in [-0.3, -0.25) is 19.2 Å². The van der Waals surface area contributed by atoms with Gasteiger partial charge in [0.25, 0.3) is 0 Å². The van der Waals surface area contributed by atoms with Crippen molar-refractivity contribution in [1.82, 2.24) is 0 Å². The molecular formula is C36H66O11. The van der Waals surface area contributed by atoms with Crippen LogP contribution in [0.3, 0.4) is 0 Å². The Hall–Kier alpha value is -2.24. The molecule has 0 heterocycles. The Bertz CT molecular complexity index is 802. The van der Waals surface area contributed by atoms with Crippen molar-refractivity contribution in [3.05, 3.63) is 0 Å². The van der Waals surface area contributed by atoms with E-state index in [2.05, 4.69) is 34.6 Å². The predicted molar refractivity (Wildman–Crippen MR) is 180 cm³/mol. The summed E-state index contributed by atoms with van der Waals surface area (Å²) in [4.78, 5) is 45.5. The molecule has 0 aliphatic carbocycles. The van der Waals surface area contributed by atoms with Crippen LogP contribution in [0.15, 0.2) is 0 Å². The Morgan fingerprint density at radius 1 is 0.426 bits per heavy atom. The van der Waals surface area contributed by atoms with Gasteiger partial charge in [-0.25, -0.2) is 0 Å². The molecule has 11 nitrogen and oxygen atoms in total. The molecule has 0 radical (unpaired) electrons. The molecule has 1 N–H and O–H groups in total. The molecule has 0 bridgehead atoms. The normalized spacial score (nSPS) is 13.2. The van der Waals surface area contributed by atoms with Crippen LogP contribution < -0.4 is 0 Å². The molecule has 1 unspecified atom stereocenters. The van der Waals surface area contributed by atoms with E-state index in [0.29, 0.717) is 39.0 Å². The number of rotatable bonds is 33. The van der Waals surface area contributed by atoms with E-state index < -0.39 is 17.9 Å². The van der Waals surface area contributed by atoms with Crippen LogP contribution in [-0.4, -0.2) is 88.4 Å². The summed E-state index contributed by atoms with van der Waals surface area (Å²) in [6, 6.07) is 0. The maximum Gasteiger partial charge on any atom is 0.306 e. The van der Waals surface area contributed by atoms with E-state index in [9.17, 15) is 19.2 Å². The van der Waals surface area contributed by atoms with Gasteiger partial charge in [-0.15, -0.1) is 0 Å². The van der Waals surface area contributed by atoms with E-state index in [1.54, 1.807) is 0 Å².